The van der Waals surface area contributed by atoms with Gasteiger partial charge >= 0.3 is 6.03 Å². The molecule has 4 amide bonds. The second-order valence-electron chi connectivity index (χ2n) is 6.70. The predicted octanol–water partition coefficient (Wildman–Crippen LogP) is 4.16. The molecule has 0 atom stereocenters. The summed E-state index contributed by atoms with van der Waals surface area (Å²) in [5, 5.41) is 4.41. The fraction of sp³-hybridized carbons (Fsp3) is 0.0870. The Bertz CT molecular complexity index is 1220. The first kappa shape index (κ1) is 19.7. The molecule has 150 valence electrons. The van der Waals surface area contributed by atoms with Gasteiger partial charge in [0.2, 0.25) is 0 Å². The number of urea groups is 1. The first-order chi connectivity index (χ1) is 14.5. The van der Waals surface area contributed by atoms with Gasteiger partial charge in [-0.05, 0) is 34.5 Å². The van der Waals surface area contributed by atoms with E-state index in [1.807, 2.05) is 30.3 Å². The van der Waals surface area contributed by atoms with Crippen molar-refractivity contribution in [1.29, 1.82) is 0 Å². The molecule has 6 nitrogen and oxygen atoms in total. The fourth-order valence-electron chi connectivity index (χ4n) is 3.38. The largest absolute Gasteiger partial charge is 0.496 e. The van der Waals surface area contributed by atoms with Crippen LogP contribution in [0.4, 0.5) is 4.79 Å². The van der Waals surface area contributed by atoms with Crippen LogP contribution in [0.25, 0.3) is 16.8 Å². The minimum atomic E-state index is -0.785. The number of carbonyl (C=O) groups excluding carboxylic acids is 3. The predicted molar refractivity (Wildman–Crippen MR) is 114 cm³/mol. The second kappa shape index (κ2) is 8.00. The molecule has 1 heterocycles. The van der Waals surface area contributed by atoms with Crippen LogP contribution in [0.5, 0.6) is 5.75 Å². The Hall–Kier alpha value is -3.64. The number of nitrogens with zero attached hydrogens (tertiary/aromatic N) is 1. The smallest absolute Gasteiger partial charge is 0.331 e. The van der Waals surface area contributed by atoms with Crippen LogP contribution in [-0.4, -0.2) is 29.9 Å². The summed E-state index contributed by atoms with van der Waals surface area (Å²) >= 11 is 6.17. The number of rotatable bonds is 4. The zero-order chi connectivity index (χ0) is 21.3. The van der Waals surface area contributed by atoms with E-state index in [9.17, 15) is 14.4 Å². The normalized spacial score (nSPS) is 15.6. The Balaban J connectivity index is 1.79. The van der Waals surface area contributed by atoms with Crippen LogP contribution in [0.3, 0.4) is 0 Å². The number of barbiturate groups is 1. The molecule has 1 fully saturated rings. The van der Waals surface area contributed by atoms with Gasteiger partial charge in [0, 0.05) is 10.6 Å². The molecular weight excluding hydrogens is 404 g/mol. The summed E-state index contributed by atoms with van der Waals surface area (Å²) in [4.78, 5) is 38.9. The Kier molecular flexibility index (Phi) is 5.25. The van der Waals surface area contributed by atoms with E-state index >= 15 is 0 Å². The monoisotopic (exact) mass is 420 g/mol. The molecule has 0 spiro atoms. The zero-order valence-corrected chi connectivity index (χ0v) is 16.8. The quantitative estimate of drug-likeness (QED) is 0.508. The van der Waals surface area contributed by atoms with Crippen LogP contribution in [0.2, 0.25) is 5.02 Å². The average molecular weight is 421 g/mol. The molecule has 0 unspecified atom stereocenters. The lowest BCUT2D eigenvalue weighted by atomic mass is 9.99. The SMILES string of the molecule is COc1ccc2ccccc2c1/C=C1\C(=O)NC(=O)N(Cc2ccccc2Cl)C1=O. The molecule has 0 aromatic heterocycles. The summed E-state index contributed by atoms with van der Waals surface area (Å²) < 4.78 is 5.44. The number of amides is 4. The number of carbonyl (C=O) groups is 3. The molecule has 7 heteroatoms. The minimum absolute atomic E-state index is 0.0539. The highest BCUT2D eigenvalue weighted by molar-refractivity contribution is 6.32. The standard InChI is InChI=1S/C23H17ClN2O4/c1-30-20-11-10-14-6-2-4-8-16(14)17(20)12-18-21(27)25-23(29)26(22(18)28)13-15-7-3-5-9-19(15)24/h2-12H,13H2,1H3,(H,25,27,29)/b18-12+. The lowest BCUT2D eigenvalue weighted by molar-refractivity contribution is -0.130. The molecule has 0 saturated carbocycles. The Morgan fingerprint density at radius 2 is 1.73 bits per heavy atom. The number of nitrogens with one attached hydrogen (secondary N) is 1. The topological polar surface area (TPSA) is 75.7 Å². The Labute approximate surface area is 177 Å². The number of benzene rings is 3. The third-order valence-electron chi connectivity index (χ3n) is 4.91. The van der Waals surface area contributed by atoms with Crippen LogP contribution < -0.4 is 10.1 Å². The fourth-order valence-corrected chi connectivity index (χ4v) is 3.58. The highest BCUT2D eigenvalue weighted by Gasteiger charge is 2.36. The van der Waals surface area contributed by atoms with Crippen LogP contribution in [0, 0.1) is 0 Å². The first-order valence-electron chi connectivity index (χ1n) is 9.17. The molecular formula is C23H17ClN2O4. The van der Waals surface area contributed by atoms with E-state index in [1.54, 1.807) is 30.3 Å². The summed E-state index contributed by atoms with van der Waals surface area (Å²) in [6.45, 7) is -0.0539. The van der Waals surface area contributed by atoms with Crippen molar-refractivity contribution >= 4 is 46.3 Å². The Morgan fingerprint density at radius 1 is 1.00 bits per heavy atom. The molecule has 3 aromatic carbocycles. The van der Waals surface area contributed by atoms with E-state index in [-0.39, 0.29) is 12.1 Å². The number of halogens is 1. The molecule has 0 bridgehead atoms. The highest BCUT2D eigenvalue weighted by Crippen LogP contribution is 2.31. The lowest BCUT2D eigenvalue weighted by Crippen LogP contribution is -2.53. The van der Waals surface area contributed by atoms with E-state index in [0.29, 0.717) is 21.9 Å². The first-order valence-corrected chi connectivity index (χ1v) is 9.55. The lowest BCUT2D eigenvalue weighted by Gasteiger charge is -2.27. The summed E-state index contributed by atoms with van der Waals surface area (Å²) in [6, 6.07) is 17.3. The van der Waals surface area contributed by atoms with Gasteiger partial charge in [-0.3, -0.25) is 19.8 Å². The van der Waals surface area contributed by atoms with Crippen molar-refractivity contribution in [1.82, 2.24) is 10.2 Å². The zero-order valence-electron chi connectivity index (χ0n) is 16.0. The number of hydrogen-bond donors (Lipinski definition) is 1. The molecule has 1 aliphatic heterocycles. The molecule has 1 saturated heterocycles. The summed E-state index contributed by atoms with van der Waals surface area (Å²) in [5.41, 5.74) is 1.02. The van der Waals surface area contributed by atoms with Crippen molar-refractivity contribution in [3.63, 3.8) is 0 Å². The van der Waals surface area contributed by atoms with Crippen molar-refractivity contribution in [2.75, 3.05) is 7.11 Å². The van der Waals surface area contributed by atoms with E-state index < -0.39 is 17.8 Å². The molecule has 1 aliphatic rings. The number of imide groups is 2. The maximum Gasteiger partial charge on any atom is 0.331 e. The van der Waals surface area contributed by atoms with Crippen LogP contribution in [-0.2, 0) is 16.1 Å². The van der Waals surface area contributed by atoms with Gasteiger partial charge in [0.1, 0.15) is 11.3 Å². The van der Waals surface area contributed by atoms with E-state index in [1.165, 1.54) is 13.2 Å². The van der Waals surface area contributed by atoms with Crippen molar-refractivity contribution in [2.24, 2.45) is 0 Å². The van der Waals surface area contributed by atoms with Gasteiger partial charge in [0.15, 0.2) is 0 Å². The third kappa shape index (κ3) is 3.53. The van der Waals surface area contributed by atoms with E-state index in [2.05, 4.69) is 5.32 Å². The third-order valence-corrected chi connectivity index (χ3v) is 5.28. The number of hydrogen-bond acceptors (Lipinski definition) is 4. The summed E-state index contributed by atoms with van der Waals surface area (Å²) in [7, 11) is 1.52. The van der Waals surface area contributed by atoms with Gasteiger partial charge in [-0.25, -0.2) is 4.79 Å². The number of ether oxygens (including phenoxy) is 1. The van der Waals surface area contributed by atoms with Crippen LogP contribution in [0.1, 0.15) is 11.1 Å². The summed E-state index contributed by atoms with van der Waals surface area (Å²) in [6.07, 6.45) is 1.46. The van der Waals surface area contributed by atoms with E-state index in [0.717, 1.165) is 15.7 Å². The van der Waals surface area contributed by atoms with Gasteiger partial charge in [0.05, 0.1) is 13.7 Å². The minimum Gasteiger partial charge on any atom is -0.496 e. The molecule has 30 heavy (non-hydrogen) atoms. The van der Waals surface area contributed by atoms with Crippen molar-refractivity contribution < 1.29 is 19.1 Å². The Morgan fingerprint density at radius 3 is 2.50 bits per heavy atom. The summed E-state index contributed by atoms with van der Waals surface area (Å²) in [5.74, 6) is -0.939. The molecule has 1 N–H and O–H groups in total. The molecule has 0 aliphatic carbocycles. The van der Waals surface area contributed by atoms with Gasteiger partial charge in [0.25, 0.3) is 11.8 Å². The van der Waals surface area contributed by atoms with Crippen LogP contribution in [0.15, 0.2) is 66.2 Å². The second-order valence-corrected chi connectivity index (χ2v) is 7.11. The molecule has 4 rings (SSSR count). The molecule has 3 aromatic rings. The van der Waals surface area contributed by atoms with E-state index in [4.69, 9.17) is 16.3 Å². The van der Waals surface area contributed by atoms with Crippen molar-refractivity contribution in [3.05, 3.63) is 82.4 Å². The molecule has 0 radical (unpaired) electrons. The highest BCUT2D eigenvalue weighted by atomic mass is 35.5. The number of methoxy groups -OCH3 is 1. The van der Waals surface area contributed by atoms with Crippen molar-refractivity contribution in [2.45, 2.75) is 6.54 Å². The van der Waals surface area contributed by atoms with Gasteiger partial charge in [-0.1, -0.05) is 60.1 Å². The average Bonchev–Trinajstić information content (AvgIpc) is 2.75. The van der Waals surface area contributed by atoms with Gasteiger partial charge in [-0.2, -0.15) is 0 Å². The van der Waals surface area contributed by atoms with Crippen molar-refractivity contribution in [3.8, 4) is 5.75 Å². The van der Waals surface area contributed by atoms with Gasteiger partial charge < -0.3 is 4.74 Å². The maximum absolute atomic E-state index is 13.1. The van der Waals surface area contributed by atoms with Crippen LogP contribution >= 0.6 is 11.6 Å². The maximum atomic E-state index is 13.1. The van der Waals surface area contributed by atoms with Gasteiger partial charge in [-0.15, -0.1) is 0 Å². The number of fused-ring (bicyclic) bond motifs is 1.